The molecule has 0 unspecified atom stereocenters. The van der Waals surface area contributed by atoms with Gasteiger partial charge in [-0.3, -0.25) is 0 Å². The smallest absolute Gasteiger partial charge is 0.110 e. The molecular weight excluding hydrogens is 273 g/mol. The molecule has 0 aliphatic heterocycles. The molecule has 0 atom stereocenters. The number of hydrogen-bond acceptors (Lipinski definition) is 3. The lowest BCUT2D eigenvalue weighted by molar-refractivity contribution is 0.748. The first-order valence-electron chi connectivity index (χ1n) is 2.90. The fourth-order valence-electron chi connectivity index (χ4n) is 0.625. The van der Waals surface area contributed by atoms with E-state index >= 15 is 0 Å². The molecule has 1 rings (SSSR count). The molecule has 4 heteroatoms. The lowest BCUT2D eigenvalue weighted by Crippen LogP contribution is -1.82. The van der Waals surface area contributed by atoms with Crippen molar-refractivity contribution in [3.63, 3.8) is 0 Å². The molecule has 0 saturated heterocycles. The third-order valence-electron chi connectivity index (χ3n) is 1.18. The Labute approximate surface area is 79.4 Å². The summed E-state index contributed by atoms with van der Waals surface area (Å²) in [4.78, 5) is 1.74. The average molecular weight is 279 g/mol. The van der Waals surface area contributed by atoms with Crippen LogP contribution in [0.1, 0.15) is 16.7 Å². The molecule has 58 valence electrons. The quantitative estimate of drug-likeness (QED) is 0.799. The molecule has 0 bridgehead atoms. The molecule has 2 nitrogen and oxygen atoms in total. The number of halogens is 1. The van der Waals surface area contributed by atoms with Crippen LogP contribution in [-0.2, 0) is 0 Å². The molecule has 11 heavy (non-hydrogen) atoms. The van der Waals surface area contributed by atoms with Crippen molar-refractivity contribution in [2.45, 2.75) is 6.92 Å². The van der Waals surface area contributed by atoms with E-state index < -0.39 is 21.1 Å². The van der Waals surface area contributed by atoms with Crippen molar-refractivity contribution in [3.8, 4) is 6.07 Å². The lowest BCUT2D eigenvalue weighted by Gasteiger charge is -1.88. The van der Waals surface area contributed by atoms with Crippen LogP contribution in [-0.4, -0.2) is 6.94 Å². The summed E-state index contributed by atoms with van der Waals surface area (Å²) < 4.78 is 9.89. The summed E-state index contributed by atoms with van der Waals surface area (Å²) in [6.45, 7) is 1.90. The Morgan fingerprint density at radius 3 is 2.91 bits per heavy atom. The van der Waals surface area contributed by atoms with Gasteiger partial charge in [-0.05, 0) is 19.1 Å². The summed E-state index contributed by atoms with van der Waals surface area (Å²) in [6.07, 6.45) is 0. The van der Waals surface area contributed by atoms with Crippen molar-refractivity contribution in [2.24, 2.45) is 0 Å². The predicted octanol–water partition coefficient (Wildman–Crippen LogP) is 2.04. The topological polar surface area (TPSA) is 44.0 Å². The maximum absolute atomic E-state index is 8.87. The van der Waals surface area contributed by atoms with Gasteiger partial charge in [-0.25, -0.2) is 0 Å². The summed E-state index contributed by atoms with van der Waals surface area (Å²) in [5.74, 6) is 0. The molecule has 0 amide bonds. The van der Waals surface area contributed by atoms with Gasteiger partial charge in [-0.2, -0.15) is 5.26 Å². The van der Waals surface area contributed by atoms with E-state index in [4.69, 9.17) is 8.70 Å². The van der Waals surface area contributed by atoms with Crippen molar-refractivity contribution in [1.82, 2.24) is 0 Å². The van der Waals surface area contributed by atoms with Crippen LogP contribution in [0, 0.1) is 11.3 Å². The molecule has 0 saturated carbocycles. The first kappa shape index (κ1) is 8.84. The van der Waals surface area contributed by atoms with Crippen LogP contribution in [0.5, 0.6) is 0 Å². The zero-order valence-electron chi connectivity index (χ0n) is 5.84. The zero-order chi connectivity index (χ0) is 8.27. The first-order chi connectivity index (χ1) is 5.27. The second-order valence-corrected chi connectivity index (χ2v) is 5.08. The number of hydrogen-bond donors (Lipinski definition) is 1. The Kier molecular flexibility index (Phi) is 3.17. The SMILES string of the molecule is CC(=IO)c1ccc(C#N)s1. The van der Waals surface area contributed by atoms with E-state index in [0.29, 0.717) is 4.88 Å². The van der Waals surface area contributed by atoms with Crippen LogP contribution < -0.4 is 0 Å². The van der Waals surface area contributed by atoms with Gasteiger partial charge < -0.3 is 3.44 Å². The molecule has 0 aromatic carbocycles. The Morgan fingerprint density at radius 2 is 2.45 bits per heavy atom. The minimum atomic E-state index is -0.808. The number of nitrogens with zero attached hydrogens (tertiary/aromatic N) is 1. The molecule has 1 N–H and O–H groups in total. The van der Waals surface area contributed by atoms with Gasteiger partial charge >= 0.3 is 0 Å². The third kappa shape index (κ3) is 2.09. The number of rotatable bonds is 1. The van der Waals surface area contributed by atoms with E-state index in [1.807, 2.05) is 13.0 Å². The van der Waals surface area contributed by atoms with E-state index in [0.717, 1.165) is 8.39 Å². The third-order valence-corrected chi connectivity index (χ3v) is 3.96. The van der Waals surface area contributed by atoms with Gasteiger partial charge in [0.05, 0.1) is 0 Å². The molecular formula is C7H6INOS. The maximum atomic E-state index is 8.87. The van der Waals surface area contributed by atoms with Crippen molar-refractivity contribution in [1.29, 1.82) is 5.26 Å². The monoisotopic (exact) mass is 279 g/mol. The fraction of sp³-hybridized carbons (Fsp3) is 0.143. The summed E-state index contributed by atoms with van der Waals surface area (Å²) in [6, 6.07) is 5.73. The van der Waals surface area contributed by atoms with E-state index in [1.165, 1.54) is 11.3 Å². The van der Waals surface area contributed by atoms with Crippen molar-refractivity contribution >= 4 is 36.0 Å². The van der Waals surface area contributed by atoms with Gasteiger partial charge in [0.1, 0.15) is 10.9 Å². The molecule has 0 fully saturated rings. The van der Waals surface area contributed by atoms with Crippen LogP contribution in [0.3, 0.4) is 0 Å². The molecule has 1 heterocycles. The lowest BCUT2D eigenvalue weighted by atomic mass is 10.4. The van der Waals surface area contributed by atoms with E-state index in [2.05, 4.69) is 6.07 Å². The molecule has 1 aromatic heterocycles. The molecule has 0 aliphatic rings. The Hall–Kier alpha value is -0.250. The molecule has 0 radical (unpaired) electrons. The molecule has 0 spiro atoms. The highest BCUT2D eigenvalue weighted by Gasteiger charge is 2.00. The summed E-state index contributed by atoms with van der Waals surface area (Å²) in [5.41, 5.74) is 0. The van der Waals surface area contributed by atoms with Crippen molar-refractivity contribution in [3.05, 3.63) is 21.9 Å². The summed E-state index contributed by atoms with van der Waals surface area (Å²) >= 11 is 0.627. The fourth-order valence-corrected chi connectivity index (χ4v) is 2.30. The van der Waals surface area contributed by atoms with Crippen LogP contribution in [0.25, 0.3) is 0 Å². The normalized spacial score (nSPS) is 11.9. The van der Waals surface area contributed by atoms with Gasteiger partial charge in [-0.15, -0.1) is 11.3 Å². The second-order valence-electron chi connectivity index (χ2n) is 1.89. The Bertz CT molecular complexity index is 323. The number of thiophene rings is 1. The average Bonchev–Trinajstić information content (AvgIpc) is 2.50. The Morgan fingerprint density at radius 1 is 1.73 bits per heavy atom. The van der Waals surface area contributed by atoms with Gasteiger partial charge in [0.2, 0.25) is 0 Å². The Balaban J connectivity index is 3.00. The summed E-state index contributed by atoms with van der Waals surface area (Å²) in [7, 11) is 0. The van der Waals surface area contributed by atoms with Gasteiger partial charge in [0, 0.05) is 29.5 Å². The van der Waals surface area contributed by atoms with Crippen molar-refractivity contribution in [2.75, 3.05) is 0 Å². The highest BCUT2D eigenvalue weighted by atomic mass is 127. The van der Waals surface area contributed by atoms with Crippen molar-refractivity contribution < 1.29 is 3.44 Å². The van der Waals surface area contributed by atoms with Crippen LogP contribution in [0.15, 0.2) is 12.1 Å². The van der Waals surface area contributed by atoms with Gasteiger partial charge in [0.15, 0.2) is 0 Å². The number of nitriles is 1. The van der Waals surface area contributed by atoms with Crippen LogP contribution in [0.4, 0.5) is 0 Å². The standard InChI is InChI=1S/C7H6INOS/c1-5(8-10)7-3-2-6(4-9)11-7/h2-3,10H,1H3. The highest BCUT2D eigenvalue weighted by molar-refractivity contribution is 14.2. The minimum absolute atomic E-state index is 0.705. The predicted molar refractivity (Wildman–Crippen MR) is 55.1 cm³/mol. The molecule has 1 aromatic rings. The van der Waals surface area contributed by atoms with E-state index in [1.54, 1.807) is 6.07 Å². The van der Waals surface area contributed by atoms with E-state index in [9.17, 15) is 0 Å². The second kappa shape index (κ2) is 3.95. The zero-order valence-corrected chi connectivity index (χ0v) is 8.81. The largest absolute Gasteiger partial charge is 0.337 e. The van der Waals surface area contributed by atoms with Crippen LogP contribution >= 0.6 is 32.5 Å². The van der Waals surface area contributed by atoms with Crippen LogP contribution in [0.2, 0.25) is 0 Å². The van der Waals surface area contributed by atoms with E-state index in [-0.39, 0.29) is 0 Å². The maximum Gasteiger partial charge on any atom is 0.110 e. The van der Waals surface area contributed by atoms with Gasteiger partial charge in [0.25, 0.3) is 0 Å². The minimum Gasteiger partial charge on any atom is -0.337 e. The highest BCUT2D eigenvalue weighted by Crippen LogP contribution is 2.18. The molecule has 0 aliphatic carbocycles. The summed E-state index contributed by atoms with van der Waals surface area (Å²) in [5, 5.41) is 8.50. The van der Waals surface area contributed by atoms with Gasteiger partial charge in [-0.1, -0.05) is 0 Å². The first-order valence-corrected chi connectivity index (χ1v) is 5.76.